The Morgan fingerprint density at radius 2 is 1.57 bits per heavy atom. The lowest BCUT2D eigenvalue weighted by Crippen LogP contribution is -2.19. The van der Waals surface area contributed by atoms with Gasteiger partial charge in [0.05, 0.1) is 17.5 Å². The van der Waals surface area contributed by atoms with E-state index in [0.717, 1.165) is 22.3 Å². The highest BCUT2D eigenvalue weighted by Crippen LogP contribution is 2.48. The molecule has 0 radical (unpaired) electrons. The molecule has 142 valence electrons. The van der Waals surface area contributed by atoms with Crippen LogP contribution in [0.1, 0.15) is 29.7 Å². The van der Waals surface area contributed by atoms with E-state index >= 15 is 0 Å². The third-order valence-corrected chi connectivity index (χ3v) is 5.41. The fraction of sp³-hybridized carbons (Fsp3) is 0.227. The van der Waals surface area contributed by atoms with E-state index in [1.807, 2.05) is 48.5 Å². The van der Waals surface area contributed by atoms with E-state index in [9.17, 15) is 14.7 Å². The molecule has 0 bridgehead atoms. The first-order valence-corrected chi connectivity index (χ1v) is 9.09. The number of nitrogens with two attached hydrogens (primary N) is 1. The van der Waals surface area contributed by atoms with Crippen LogP contribution >= 0.6 is 0 Å². The molecule has 6 nitrogen and oxygen atoms in total. The molecule has 1 aliphatic carbocycles. The zero-order chi connectivity index (χ0) is 19.9. The monoisotopic (exact) mass is 376 g/mol. The number of carboxylic acid groups (broad SMARTS) is 1. The molecule has 1 saturated carbocycles. The van der Waals surface area contributed by atoms with Crippen molar-refractivity contribution in [3.63, 3.8) is 0 Å². The highest BCUT2D eigenvalue weighted by molar-refractivity contribution is 5.85. The highest BCUT2D eigenvalue weighted by atomic mass is 16.5. The zero-order valence-electron chi connectivity index (χ0n) is 15.4. The Morgan fingerprint density at radius 1 is 1.04 bits per heavy atom. The Bertz CT molecular complexity index is 1050. The lowest BCUT2D eigenvalue weighted by molar-refractivity contribution is -0.140. The van der Waals surface area contributed by atoms with Crippen molar-refractivity contribution in [1.82, 2.24) is 5.16 Å². The third-order valence-electron chi connectivity index (χ3n) is 5.41. The molecule has 0 spiro atoms. The Hall–Kier alpha value is -3.41. The summed E-state index contributed by atoms with van der Waals surface area (Å²) >= 11 is 0. The summed E-state index contributed by atoms with van der Waals surface area (Å²) in [4.78, 5) is 22.8. The molecule has 1 aliphatic rings. The van der Waals surface area contributed by atoms with Crippen molar-refractivity contribution in [2.24, 2.45) is 5.73 Å². The number of carbonyl (C=O) groups excluding carboxylic acids is 1. The van der Waals surface area contributed by atoms with Crippen molar-refractivity contribution in [1.29, 1.82) is 0 Å². The SMILES string of the molecule is Cc1noc(-c2ccc(-c3ccc(C4(C(=O)O)CC4)cc3)cc2)c1CC(N)=O. The van der Waals surface area contributed by atoms with Crippen LogP contribution in [0.4, 0.5) is 0 Å². The smallest absolute Gasteiger partial charge is 0.314 e. The van der Waals surface area contributed by atoms with E-state index in [-0.39, 0.29) is 6.42 Å². The van der Waals surface area contributed by atoms with Crippen LogP contribution in [0, 0.1) is 6.92 Å². The second kappa shape index (κ2) is 6.64. The number of hydrogen-bond donors (Lipinski definition) is 2. The zero-order valence-corrected chi connectivity index (χ0v) is 15.4. The van der Waals surface area contributed by atoms with E-state index in [1.165, 1.54) is 0 Å². The number of hydrogen-bond acceptors (Lipinski definition) is 4. The molecular weight excluding hydrogens is 356 g/mol. The number of aryl methyl sites for hydroxylation is 1. The van der Waals surface area contributed by atoms with Crippen LogP contribution in [0.2, 0.25) is 0 Å². The number of aliphatic carboxylic acids is 1. The summed E-state index contributed by atoms with van der Waals surface area (Å²) in [6, 6.07) is 15.4. The van der Waals surface area contributed by atoms with Crippen LogP contribution < -0.4 is 5.73 Å². The van der Waals surface area contributed by atoms with Gasteiger partial charge in [-0.3, -0.25) is 9.59 Å². The Labute approximate surface area is 162 Å². The molecule has 0 saturated heterocycles. The second-order valence-corrected chi connectivity index (χ2v) is 7.26. The second-order valence-electron chi connectivity index (χ2n) is 7.26. The average molecular weight is 376 g/mol. The number of aromatic nitrogens is 1. The average Bonchev–Trinajstić information content (AvgIpc) is 3.43. The minimum absolute atomic E-state index is 0.0825. The summed E-state index contributed by atoms with van der Waals surface area (Å²) in [6.45, 7) is 1.78. The van der Waals surface area contributed by atoms with Crippen LogP contribution in [0.5, 0.6) is 0 Å². The minimum atomic E-state index is -0.751. The van der Waals surface area contributed by atoms with Crippen LogP contribution in [0.15, 0.2) is 53.1 Å². The largest absolute Gasteiger partial charge is 0.481 e. The predicted molar refractivity (Wildman–Crippen MR) is 104 cm³/mol. The van der Waals surface area contributed by atoms with Crippen LogP contribution in [0.3, 0.4) is 0 Å². The van der Waals surface area contributed by atoms with Gasteiger partial charge in [-0.05, 0) is 36.5 Å². The molecule has 0 aliphatic heterocycles. The van der Waals surface area contributed by atoms with Gasteiger partial charge in [-0.15, -0.1) is 0 Å². The number of benzene rings is 2. The predicted octanol–water partition coefficient (Wildman–Crippen LogP) is 3.46. The van der Waals surface area contributed by atoms with Crippen molar-refractivity contribution in [3.8, 4) is 22.5 Å². The molecule has 1 heterocycles. The molecule has 0 atom stereocenters. The van der Waals surface area contributed by atoms with E-state index in [4.69, 9.17) is 10.3 Å². The lowest BCUT2D eigenvalue weighted by Gasteiger charge is -2.11. The molecule has 4 rings (SSSR count). The first kappa shape index (κ1) is 18.0. The van der Waals surface area contributed by atoms with Crippen molar-refractivity contribution >= 4 is 11.9 Å². The number of amides is 1. The summed E-state index contributed by atoms with van der Waals surface area (Å²) in [7, 11) is 0. The maximum absolute atomic E-state index is 11.5. The topological polar surface area (TPSA) is 106 Å². The maximum Gasteiger partial charge on any atom is 0.314 e. The quantitative estimate of drug-likeness (QED) is 0.685. The maximum atomic E-state index is 11.5. The van der Waals surface area contributed by atoms with Gasteiger partial charge >= 0.3 is 5.97 Å². The van der Waals surface area contributed by atoms with E-state index < -0.39 is 17.3 Å². The van der Waals surface area contributed by atoms with Crippen molar-refractivity contribution in [3.05, 3.63) is 65.4 Å². The summed E-state index contributed by atoms with van der Waals surface area (Å²) in [5, 5.41) is 13.4. The van der Waals surface area contributed by atoms with Crippen LogP contribution in [0.25, 0.3) is 22.5 Å². The summed E-state index contributed by atoms with van der Waals surface area (Å²) in [5.41, 5.74) is 9.66. The van der Waals surface area contributed by atoms with Gasteiger partial charge < -0.3 is 15.4 Å². The number of rotatable bonds is 6. The Balaban J connectivity index is 1.59. The molecule has 3 aromatic rings. The first-order chi connectivity index (χ1) is 13.4. The molecule has 0 unspecified atom stereocenters. The normalized spacial score (nSPS) is 14.6. The molecule has 3 N–H and O–H groups in total. The lowest BCUT2D eigenvalue weighted by atomic mass is 9.93. The van der Waals surface area contributed by atoms with Crippen LogP contribution in [-0.4, -0.2) is 22.1 Å². The standard InChI is InChI=1S/C22H20N2O4/c1-13-18(12-19(23)25)20(28-24-13)16-4-2-14(3-5-16)15-6-8-17(9-7-15)22(10-11-22)21(26)27/h2-9H,10-12H2,1H3,(H2,23,25)(H,26,27). The van der Waals surface area contributed by atoms with Crippen molar-refractivity contribution in [2.45, 2.75) is 31.6 Å². The van der Waals surface area contributed by atoms with Gasteiger partial charge in [0.15, 0.2) is 5.76 Å². The van der Waals surface area contributed by atoms with Crippen molar-refractivity contribution < 1.29 is 19.2 Å². The molecule has 1 amide bonds. The first-order valence-electron chi connectivity index (χ1n) is 9.09. The minimum Gasteiger partial charge on any atom is -0.481 e. The summed E-state index contributed by atoms with van der Waals surface area (Å²) in [5.74, 6) is -0.631. The van der Waals surface area contributed by atoms with Gasteiger partial charge in [0.2, 0.25) is 5.91 Å². The van der Waals surface area contributed by atoms with Gasteiger partial charge in [-0.1, -0.05) is 53.7 Å². The van der Waals surface area contributed by atoms with Gasteiger partial charge in [-0.2, -0.15) is 0 Å². The van der Waals surface area contributed by atoms with Gasteiger partial charge in [0.1, 0.15) is 0 Å². The number of primary amides is 1. The number of nitrogens with zero attached hydrogens (tertiary/aromatic N) is 1. The van der Waals surface area contributed by atoms with Crippen LogP contribution in [-0.2, 0) is 21.4 Å². The van der Waals surface area contributed by atoms with Gasteiger partial charge in [0.25, 0.3) is 0 Å². The number of carbonyl (C=O) groups is 2. The molecule has 6 heteroatoms. The molecular formula is C22H20N2O4. The van der Waals surface area contributed by atoms with E-state index in [1.54, 1.807) is 6.92 Å². The highest BCUT2D eigenvalue weighted by Gasteiger charge is 2.51. The third kappa shape index (κ3) is 3.07. The van der Waals surface area contributed by atoms with Gasteiger partial charge in [-0.25, -0.2) is 0 Å². The fourth-order valence-electron chi connectivity index (χ4n) is 3.54. The van der Waals surface area contributed by atoms with Crippen molar-refractivity contribution in [2.75, 3.05) is 0 Å². The Kier molecular flexibility index (Phi) is 4.26. The summed E-state index contributed by atoms with van der Waals surface area (Å²) < 4.78 is 5.40. The molecule has 1 fully saturated rings. The molecule has 1 aromatic heterocycles. The van der Waals surface area contributed by atoms with E-state index in [2.05, 4.69) is 5.16 Å². The van der Waals surface area contributed by atoms with Gasteiger partial charge in [0, 0.05) is 11.1 Å². The van der Waals surface area contributed by atoms with E-state index in [0.29, 0.717) is 29.9 Å². The Morgan fingerprint density at radius 3 is 2.07 bits per heavy atom. The number of carboxylic acids is 1. The fourth-order valence-corrected chi connectivity index (χ4v) is 3.54. The molecule has 28 heavy (non-hydrogen) atoms. The molecule has 2 aromatic carbocycles. The summed E-state index contributed by atoms with van der Waals surface area (Å²) in [6.07, 6.45) is 1.47.